The molecule has 232 valence electrons. The van der Waals surface area contributed by atoms with Gasteiger partial charge < -0.3 is 31.0 Å². The number of benzene rings is 3. The molecule has 0 saturated heterocycles. The van der Waals surface area contributed by atoms with Gasteiger partial charge in [-0.15, -0.1) is 0 Å². The summed E-state index contributed by atoms with van der Waals surface area (Å²) >= 11 is 0. The summed E-state index contributed by atoms with van der Waals surface area (Å²) in [4.78, 5) is 4.36. The van der Waals surface area contributed by atoms with Crippen LogP contribution in [0.1, 0.15) is 84.6 Å². The minimum absolute atomic E-state index is 0. The average molecular weight is 640 g/mol. The van der Waals surface area contributed by atoms with Crippen LogP contribution in [0.4, 0.5) is 0 Å². The first-order valence-corrected chi connectivity index (χ1v) is 16.6. The summed E-state index contributed by atoms with van der Waals surface area (Å²) in [6, 6.07) is 19.7. The van der Waals surface area contributed by atoms with E-state index in [-0.39, 0.29) is 65.4 Å². The molecule has 3 aromatic rings. The third-order valence-electron chi connectivity index (χ3n) is 9.66. The Morgan fingerprint density at radius 1 is 1.07 bits per heavy atom. The van der Waals surface area contributed by atoms with Crippen molar-refractivity contribution in [2.45, 2.75) is 68.4 Å². The van der Waals surface area contributed by atoms with Crippen molar-refractivity contribution < 1.29 is 57.5 Å². The molecule has 9 nitrogen and oxygen atoms in total. The van der Waals surface area contributed by atoms with Crippen molar-refractivity contribution in [1.29, 1.82) is 0 Å². The van der Waals surface area contributed by atoms with Crippen molar-refractivity contribution in [1.82, 2.24) is 0 Å². The second-order valence-electron chi connectivity index (χ2n) is 12.3. The molecule has 2 aliphatic carbocycles. The zero-order valence-electron chi connectivity index (χ0n) is 25.5. The molecule has 0 radical (unpaired) electrons. The number of aromatic hydroxyl groups is 1. The smallest absolute Gasteiger partial charge is 0.748 e. The molecule has 0 fully saturated rings. The molecule has 7 atom stereocenters. The number of phenols is 1. The van der Waals surface area contributed by atoms with E-state index in [1.54, 1.807) is 12.1 Å². The topological polar surface area (TPSA) is 171 Å². The maximum absolute atomic E-state index is 13.2. The third-order valence-corrected chi connectivity index (χ3v) is 10.9. The summed E-state index contributed by atoms with van der Waals surface area (Å²) in [6.07, 6.45) is 2.94. The van der Waals surface area contributed by atoms with E-state index in [0.29, 0.717) is 29.7 Å². The molecule has 0 unspecified atom stereocenters. The molecule has 0 spiro atoms. The van der Waals surface area contributed by atoms with Gasteiger partial charge in [0.05, 0.1) is 15.4 Å². The van der Waals surface area contributed by atoms with E-state index in [2.05, 4.69) is 4.99 Å². The number of aliphatic hydroxyl groups excluding tert-OH is 1. The summed E-state index contributed by atoms with van der Waals surface area (Å²) in [5, 5.41) is 20.1. The summed E-state index contributed by atoms with van der Waals surface area (Å²) in [5.74, 6) is -0.505. The van der Waals surface area contributed by atoms with E-state index in [4.69, 9.17) is 16.2 Å². The van der Waals surface area contributed by atoms with E-state index < -0.39 is 33.6 Å². The number of hydrogen-bond acceptors (Lipinski definition) is 7. The molecule has 0 amide bonds. The van der Waals surface area contributed by atoms with Gasteiger partial charge in [0.2, 0.25) is 6.23 Å². The van der Waals surface area contributed by atoms with Crippen molar-refractivity contribution in [2.75, 3.05) is 0 Å². The van der Waals surface area contributed by atoms with Crippen LogP contribution in [0, 0.1) is 11.8 Å². The van der Waals surface area contributed by atoms with Gasteiger partial charge in [-0.05, 0) is 114 Å². The zero-order chi connectivity index (χ0) is 31.2. The van der Waals surface area contributed by atoms with Crippen molar-refractivity contribution >= 4 is 16.1 Å². The molecular weight excluding hydrogens is 601 g/mol. The number of aliphatic hydroxyl groups is 1. The van der Waals surface area contributed by atoms with Crippen LogP contribution in [-0.2, 0) is 16.5 Å². The Kier molecular flexibility index (Phi) is 10.0. The largest absolute Gasteiger partial charge is 1.00 e. The van der Waals surface area contributed by atoms with Crippen molar-refractivity contribution in [2.24, 2.45) is 28.3 Å². The average Bonchev–Trinajstić information content (AvgIpc) is 3.00. The van der Waals surface area contributed by atoms with Crippen LogP contribution in [0.15, 0.2) is 83.4 Å². The van der Waals surface area contributed by atoms with Gasteiger partial charge in [-0.25, -0.2) is 13.4 Å². The fourth-order valence-corrected chi connectivity index (χ4v) is 8.62. The Hall–Kier alpha value is -2.86. The number of hydrogen-bond donors (Lipinski definition) is 4. The van der Waals surface area contributed by atoms with Gasteiger partial charge in [0.25, 0.3) is 0 Å². The number of aliphatic imine (C=N–C) groups is 1. The van der Waals surface area contributed by atoms with Gasteiger partial charge in [0.1, 0.15) is 17.6 Å². The molecule has 6 bridgehead atoms. The SMILES string of the molecule is CC[C@@H]1C[C@@H](S(=O)(=O)[O-])[C@@H]2C=C([C@@H](O)c3ccc(O)cc3)C[C@H]3CCc4cc(ccc4[C@H]32)[C@H](N=C(N)N)Oc2ccc1cc2.[Na+]. The predicted molar refractivity (Wildman–Crippen MR) is 167 cm³/mol. The van der Waals surface area contributed by atoms with Crippen LogP contribution in [0.25, 0.3) is 0 Å². The molecule has 6 N–H and O–H groups in total. The number of allylic oxidation sites excluding steroid dienone is 1. The summed E-state index contributed by atoms with van der Waals surface area (Å²) < 4.78 is 45.9. The third kappa shape index (κ3) is 6.96. The second kappa shape index (κ2) is 13.5. The first kappa shape index (κ1) is 33.5. The number of phenolic OH excluding ortho intramolecular Hbond substituents is 1. The van der Waals surface area contributed by atoms with Gasteiger partial charge >= 0.3 is 29.6 Å². The Bertz CT molecular complexity index is 1690. The summed E-state index contributed by atoms with van der Waals surface area (Å²) in [5.41, 5.74) is 16.6. The van der Waals surface area contributed by atoms with Crippen LogP contribution in [-0.4, -0.2) is 34.4 Å². The van der Waals surface area contributed by atoms with Crippen molar-refractivity contribution in [3.8, 4) is 11.5 Å². The van der Waals surface area contributed by atoms with Crippen LogP contribution in [0.3, 0.4) is 0 Å². The van der Waals surface area contributed by atoms with Crippen LogP contribution in [0.5, 0.6) is 11.5 Å². The number of aryl methyl sites for hydroxylation is 1. The molecule has 4 heterocycles. The van der Waals surface area contributed by atoms with E-state index in [1.165, 1.54) is 12.1 Å². The molecule has 0 saturated carbocycles. The maximum Gasteiger partial charge on any atom is 1.00 e. The summed E-state index contributed by atoms with van der Waals surface area (Å²) in [6.45, 7) is 1.99. The normalized spacial score (nSPS) is 26.3. The molecule has 9 rings (SSSR count). The molecular formula is C34H38N3NaO6S. The fourth-order valence-electron chi connectivity index (χ4n) is 7.52. The van der Waals surface area contributed by atoms with E-state index >= 15 is 0 Å². The molecule has 3 aromatic carbocycles. The first-order chi connectivity index (χ1) is 21.0. The fraction of sp³-hybridized carbons (Fsp3) is 0.382. The van der Waals surface area contributed by atoms with Crippen LogP contribution in [0.2, 0.25) is 0 Å². The Balaban J connectivity index is 0.00000400. The minimum Gasteiger partial charge on any atom is -0.748 e. The van der Waals surface area contributed by atoms with Gasteiger partial charge in [-0.3, -0.25) is 0 Å². The second-order valence-corrected chi connectivity index (χ2v) is 13.9. The molecule has 4 aliphatic heterocycles. The first-order valence-electron chi connectivity index (χ1n) is 15.1. The molecule has 11 heteroatoms. The molecule has 0 aromatic heterocycles. The van der Waals surface area contributed by atoms with E-state index in [1.807, 2.05) is 55.5 Å². The van der Waals surface area contributed by atoms with Gasteiger partial charge in [0.15, 0.2) is 5.96 Å². The van der Waals surface area contributed by atoms with Gasteiger partial charge in [0, 0.05) is 5.56 Å². The zero-order valence-corrected chi connectivity index (χ0v) is 28.4. The van der Waals surface area contributed by atoms with E-state index in [0.717, 1.165) is 35.1 Å². The van der Waals surface area contributed by atoms with Crippen LogP contribution < -0.4 is 45.8 Å². The quantitative estimate of drug-likeness (QED) is 0.108. The Morgan fingerprint density at radius 2 is 1.76 bits per heavy atom. The van der Waals surface area contributed by atoms with Gasteiger partial charge in [-0.2, -0.15) is 0 Å². The Labute approximate surface area is 286 Å². The van der Waals surface area contributed by atoms with Crippen LogP contribution >= 0.6 is 0 Å². The maximum atomic E-state index is 13.2. The minimum atomic E-state index is -4.76. The molecule has 6 aliphatic rings. The number of ether oxygens (including phenoxy) is 1. The predicted octanol–water partition coefficient (Wildman–Crippen LogP) is 1.88. The van der Waals surface area contributed by atoms with Crippen molar-refractivity contribution in [3.05, 3.63) is 106 Å². The number of nitrogens with two attached hydrogens (primary N) is 2. The molecule has 45 heavy (non-hydrogen) atoms. The Morgan fingerprint density at radius 3 is 2.40 bits per heavy atom. The number of nitrogens with zero attached hydrogens (tertiary/aromatic N) is 1. The van der Waals surface area contributed by atoms with Crippen molar-refractivity contribution in [3.63, 3.8) is 0 Å². The summed E-state index contributed by atoms with van der Waals surface area (Å²) in [7, 11) is -4.76. The number of rotatable bonds is 5. The van der Waals surface area contributed by atoms with Gasteiger partial charge in [-0.1, -0.05) is 49.4 Å². The van der Waals surface area contributed by atoms with E-state index in [9.17, 15) is 23.2 Å². The number of guanidine groups is 1. The standard InChI is InChI=1S/C34H39N3O6S.Na/c1-2-19-18-30(44(40,41)42)29-17-25(32(39)21-5-10-26(38)11-6-21)16-23-4-3-22-15-24(9-14-28(22)31(23)29)33(37-34(35)36)43-27-12-7-20(19)8-13-27;/h5-15,17,19,23,29-33,38-39H,2-4,16,18H2,1H3,(H4,35,36,37)(H,40,41,42);/q;+1/p-1/t19-,23-,29+,30-,31+,32+,33-;/m1./s1. The monoisotopic (exact) mass is 639 g/mol.